The molecule has 0 aliphatic rings. The number of unbranched alkanes of at least 4 members (excludes halogenated alkanes) is 2. The molecule has 1 atom stereocenters. The van der Waals surface area contributed by atoms with Gasteiger partial charge in [0.2, 0.25) is 0 Å². The molecule has 0 radical (unpaired) electrons. The van der Waals surface area contributed by atoms with E-state index in [1.54, 1.807) is 24.3 Å². The predicted octanol–water partition coefficient (Wildman–Crippen LogP) is 5.10. The Labute approximate surface area is 131 Å². The highest BCUT2D eigenvalue weighted by atomic mass is 17.2. The molecule has 0 amide bonds. The van der Waals surface area contributed by atoms with E-state index < -0.39 is 5.97 Å². The van der Waals surface area contributed by atoms with Gasteiger partial charge < -0.3 is 0 Å². The van der Waals surface area contributed by atoms with Gasteiger partial charge in [-0.2, -0.15) is 4.89 Å². The van der Waals surface area contributed by atoms with E-state index >= 15 is 0 Å². The van der Waals surface area contributed by atoms with Crippen LogP contribution < -0.4 is 0 Å². The lowest BCUT2D eigenvalue weighted by atomic mass is 10.0. The second-order valence-electron chi connectivity index (χ2n) is 5.23. The monoisotopic (exact) mass is 298 g/mol. The minimum atomic E-state index is -0.461. The molecule has 2 aromatic rings. The van der Waals surface area contributed by atoms with Gasteiger partial charge in [-0.25, -0.2) is 4.79 Å². The van der Waals surface area contributed by atoms with Crippen LogP contribution in [0.3, 0.4) is 0 Å². The van der Waals surface area contributed by atoms with Crippen molar-refractivity contribution in [2.45, 2.75) is 38.7 Å². The maximum atomic E-state index is 12.0. The minimum Gasteiger partial charge on any atom is -0.292 e. The molecule has 3 nitrogen and oxygen atoms in total. The Morgan fingerprint density at radius 2 is 1.59 bits per heavy atom. The highest BCUT2D eigenvalue weighted by Gasteiger charge is 2.16. The molecular formula is C19H22O3. The molecule has 2 rings (SSSR count). The van der Waals surface area contributed by atoms with Gasteiger partial charge >= 0.3 is 5.97 Å². The topological polar surface area (TPSA) is 35.5 Å². The van der Waals surface area contributed by atoms with Gasteiger partial charge in [-0.05, 0) is 24.1 Å². The molecule has 0 fully saturated rings. The van der Waals surface area contributed by atoms with E-state index in [1.165, 1.54) is 0 Å². The normalized spacial score (nSPS) is 11.9. The molecule has 0 saturated carbocycles. The van der Waals surface area contributed by atoms with Crippen LogP contribution in [0, 0.1) is 0 Å². The van der Waals surface area contributed by atoms with Gasteiger partial charge in [0.25, 0.3) is 0 Å². The summed E-state index contributed by atoms with van der Waals surface area (Å²) >= 11 is 0. The number of benzene rings is 2. The van der Waals surface area contributed by atoms with Crippen LogP contribution in [0.2, 0.25) is 0 Å². The molecule has 0 aromatic heterocycles. The number of carbonyl (C=O) groups excluding carboxylic acids is 1. The van der Waals surface area contributed by atoms with Gasteiger partial charge in [-0.3, -0.25) is 4.89 Å². The molecule has 0 aliphatic carbocycles. The van der Waals surface area contributed by atoms with E-state index in [9.17, 15) is 4.79 Å². The van der Waals surface area contributed by atoms with Gasteiger partial charge in [0.1, 0.15) is 6.10 Å². The maximum absolute atomic E-state index is 12.0. The van der Waals surface area contributed by atoms with Gasteiger partial charge in [-0.1, -0.05) is 74.7 Å². The van der Waals surface area contributed by atoms with Crippen LogP contribution in [-0.2, 0) is 9.78 Å². The second kappa shape index (κ2) is 9.00. The Morgan fingerprint density at radius 3 is 2.23 bits per heavy atom. The van der Waals surface area contributed by atoms with Crippen molar-refractivity contribution in [2.75, 3.05) is 0 Å². The smallest absolute Gasteiger partial charge is 0.292 e. The number of hydrogen-bond donors (Lipinski definition) is 0. The summed E-state index contributed by atoms with van der Waals surface area (Å²) in [4.78, 5) is 22.4. The largest absolute Gasteiger partial charge is 0.373 e. The molecule has 0 bridgehead atoms. The zero-order valence-electron chi connectivity index (χ0n) is 12.9. The van der Waals surface area contributed by atoms with Gasteiger partial charge in [0.05, 0.1) is 5.56 Å². The molecule has 3 heteroatoms. The van der Waals surface area contributed by atoms with Crippen molar-refractivity contribution in [3.8, 4) is 0 Å². The summed E-state index contributed by atoms with van der Waals surface area (Å²) in [5.41, 5.74) is 1.52. The molecule has 0 N–H and O–H groups in total. The first-order valence-electron chi connectivity index (χ1n) is 7.79. The lowest BCUT2D eigenvalue weighted by Gasteiger charge is -2.16. The Kier molecular flexibility index (Phi) is 6.65. The third-order valence-corrected chi connectivity index (χ3v) is 3.49. The van der Waals surface area contributed by atoms with Crippen LogP contribution in [0.5, 0.6) is 0 Å². The van der Waals surface area contributed by atoms with Gasteiger partial charge in [-0.15, -0.1) is 0 Å². The van der Waals surface area contributed by atoms with Crippen molar-refractivity contribution >= 4 is 5.97 Å². The van der Waals surface area contributed by atoms with Crippen molar-refractivity contribution in [3.63, 3.8) is 0 Å². The van der Waals surface area contributed by atoms with Crippen LogP contribution in [0.15, 0.2) is 60.7 Å². The summed E-state index contributed by atoms with van der Waals surface area (Å²) in [7, 11) is 0. The number of hydrogen-bond acceptors (Lipinski definition) is 3. The lowest BCUT2D eigenvalue weighted by Crippen LogP contribution is -2.11. The fourth-order valence-corrected chi connectivity index (χ4v) is 2.24. The van der Waals surface area contributed by atoms with Crippen LogP contribution in [0.1, 0.15) is 54.6 Å². The summed E-state index contributed by atoms with van der Waals surface area (Å²) in [5.74, 6) is -0.461. The first-order valence-corrected chi connectivity index (χ1v) is 7.79. The standard InChI is InChI=1S/C19H22O3/c1-2-3-6-15-18(16-11-7-4-8-12-16)21-22-19(20)17-13-9-5-10-14-17/h4-5,7-14,18H,2-3,6,15H2,1H3. The van der Waals surface area contributed by atoms with Crippen LogP contribution in [0.25, 0.3) is 0 Å². The average Bonchev–Trinajstić information content (AvgIpc) is 2.59. The molecule has 1 unspecified atom stereocenters. The summed E-state index contributed by atoms with van der Waals surface area (Å²) in [6.07, 6.45) is 3.93. The Hall–Kier alpha value is -2.13. The van der Waals surface area contributed by atoms with Crippen molar-refractivity contribution in [3.05, 3.63) is 71.8 Å². The van der Waals surface area contributed by atoms with Crippen molar-refractivity contribution in [1.82, 2.24) is 0 Å². The van der Waals surface area contributed by atoms with Crippen LogP contribution >= 0.6 is 0 Å². The van der Waals surface area contributed by atoms with E-state index in [0.717, 1.165) is 31.2 Å². The second-order valence-corrected chi connectivity index (χ2v) is 5.23. The molecular weight excluding hydrogens is 276 g/mol. The molecule has 0 spiro atoms. The van der Waals surface area contributed by atoms with Crippen molar-refractivity contribution in [2.24, 2.45) is 0 Å². The highest BCUT2D eigenvalue weighted by molar-refractivity contribution is 5.88. The lowest BCUT2D eigenvalue weighted by molar-refractivity contribution is -0.279. The zero-order valence-corrected chi connectivity index (χ0v) is 12.9. The predicted molar refractivity (Wildman–Crippen MR) is 86.3 cm³/mol. The van der Waals surface area contributed by atoms with E-state index in [2.05, 4.69) is 6.92 Å². The number of rotatable bonds is 8. The first-order chi connectivity index (χ1) is 10.8. The summed E-state index contributed by atoms with van der Waals surface area (Å²) < 4.78 is 0. The fraction of sp³-hybridized carbons (Fsp3) is 0.316. The average molecular weight is 298 g/mol. The zero-order chi connectivity index (χ0) is 15.6. The first kappa shape index (κ1) is 16.2. The quantitative estimate of drug-likeness (QED) is 0.386. The third-order valence-electron chi connectivity index (χ3n) is 3.49. The summed E-state index contributed by atoms with van der Waals surface area (Å²) in [5, 5.41) is 0. The molecule has 0 saturated heterocycles. The van der Waals surface area contributed by atoms with Crippen molar-refractivity contribution in [1.29, 1.82) is 0 Å². The maximum Gasteiger partial charge on any atom is 0.373 e. The van der Waals surface area contributed by atoms with E-state index in [1.807, 2.05) is 36.4 Å². The Balaban J connectivity index is 1.96. The van der Waals surface area contributed by atoms with E-state index in [4.69, 9.17) is 9.78 Å². The van der Waals surface area contributed by atoms with Crippen molar-refractivity contribution < 1.29 is 14.6 Å². The summed E-state index contributed by atoms with van der Waals surface area (Å²) in [6, 6.07) is 18.7. The number of carbonyl (C=O) groups is 1. The molecule has 2 aromatic carbocycles. The molecule has 0 heterocycles. The van der Waals surface area contributed by atoms with Crippen LogP contribution in [0.4, 0.5) is 0 Å². The van der Waals surface area contributed by atoms with Gasteiger partial charge in [0, 0.05) is 0 Å². The molecule has 0 aliphatic heterocycles. The Bertz CT molecular complexity index is 551. The SMILES string of the molecule is CCCCCC(OOC(=O)c1ccccc1)c1ccccc1. The highest BCUT2D eigenvalue weighted by Crippen LogP contribution is 2.24. The minimum absolute atomic E-state index is 0.222. The van der Waals surface area contributed by atoms with Gasteiger partial charge in [0.15, 0.2) is 0 Å². The summed E-state index contributed by atoms with van der Waals surface area (Å²) in [6.45, 7) is 2.16. The Morgan fingerprint density at radius 1 is 0.955 bits per heavy atom. The third kappa shape index (κ3) is 5.01. The van der Waals surface area contributed by atoms with E-state index in [0.29, 0.717) is 5.56 Å². The molecule has 22 heavy (non-hydrogen) atoms. The molecule has 116 valence electrons. The van der Waals surface area contributed by atoms with E-state index in [-0.39, 0.29) is 6.10 Å². The fourth-order valence-electron chi connectivity index (χ4n) is 2.24. The van der Waals surface area contributed by atoms with Crippen LogP contribution in [-0.4, -0.2) is 5.97 Å².